The highest BCUT2D eigenvalue weighted by molar-refractivity contribution is 7.13. The van der Waals surface area contributed by atoms with E-state index in [0.29, 0.717) is 17.8 Å². The summed E-state index contributed by atoms with van der Waals surface area (Å²) in [5.41, 5.74) is 6.33. The highest BCUT2D eigenvalue weighted by Gasteiger charge is 2.20. The second-order valence-electron chi connectivity index (χ2n) is 7.00. The molecule has 28 heavy (non-hydrogen) atoms. The molecule has 1 N–H and O–H groups in total. The summed E-state index contributed by atoms with van der Waals surface area (Å²) in [5.74, 6) is 0.0740. The van der Waals surface area contributed by atoms with Gasteiger partial charge in [-0.25, -0.2) is 4.98 Å². The molecule has 0 unspecified atom stereocenters. The quantitative estimate of drug-likeness (QED) is 0.665. The summed E-state index contributed by atoms with van der Waals surface area (Å²) < 4.78 is 0. The number of carbonyl (C=O) groups excluding carboxylic acids is 1. The number of hydrogen-bond donors (Lipinski definition) is 1. The Balaban J connectivity index is 1.63. The predicted molar refractivity (Wildman–Crippen MR) is 111 cm³/mol. The van der Waals surface area contributed by atoms with Crippen molar-refractivity contribution in [2.75, 3.05) is 6.54 Å². The maximum atomic E-state index is 12.9. The van der Waals surface area contributed by atoms with E-state index in [-0.39, 0.29) is 5.78 Å². The van der Waals surface area contributed by atoms with Gasteiger partial charge in [-0.15, -0.1) is 11.3 Å². The summed E-state index contributed by atoms with van der Waals surface area (Å²) in [5, 5.41) is 13.1. The van der Waals surface area contributed by atoms with E-state index >= 15 is 0 Å². The molecule has 0 saturated carbocycles. The van der Waals surface area contributed by atoms with Crippen LogP contribution in [0.5, 0.6) is 0 Å². The van der Waals surface area contributed by atoms with Crippen molar-refractivity contribution in [1.29, 1.82) is 5.26 Å². The third-order valence-electron chi connectivity index (χ3n) is 5.21. The van der Waals surface area contributed by atoms with Gasteiger partial charge in [-0.2, -0.15) is 5.26 Å². The van der Waals surface area contributed by atoms with Gasteiger partial charge in [0.1, 0.15) is 0 Å². The zero-order valence-electron chi connectivity index (χ0n) is 15.8. The Bertz CT molecular complexity index is 1050. The summed E-state index contributed by atoms with van der Waals surface area (Å²) in [6, 6.07) is 16.3. The summed E-state index contributed by atoms with van der Waals surface area (Å²) in [6.07, 6.45) is 1.61. The molecule has 3 aromatic rings. The Morgan fingerprint density at radius 3 is 2.79 bits per heavy atom. The average molecular weight is 388 g/mol. The van der Waals surface area contributed by atoms with Crippen LogP contribution in [-0.4, -0.2) is 17.3 Å². The highest BCUT2D eigenvalue weighted by Crippen LogP contribution is 2.30. The van der Waals surface area contributed by atoms with Crippen molar-refractivity contribution in [3.05, 3.63) is 74.7 Å². The minimum absolute atomic E-state index is 0.0740. The average Bonchev–Trinajstić information content (AvgIpc) is 3.15. The number of ketones is 1. The topological polar surface area (TPSA) is 65.8 Å². The van der Waals surface area contributed by atoms with Crippen LogP contribution in [0.3, 0.4) is 0 Å². The van der Waals surface area contributed by atoms with Crippen molar-refractivity contribution in [2.24, 2.45) is 0 Å². The molecule has 1 aliphatic rings. The molecule has 1 aromatic heterocycles. The number of fused-ring (bicyclic) bond motifs is 1. The Labute approximate surface area is 168 Å². The fraction of sp³-hybridized carbons (Fsp3) is 0.261. The van der Waals surface area contributed by atoms with Gasteiger partial charge < -0.3 is 5.32 Å². The van der Waals surface area contributed by atoms with Crippen LogP contribution in [0.4, 0.5) is 0 Å². The van der Waals surface area contributed by atoms with Gasteiger partial charge in [0, 0.05) is 30.8 Å². The van der Waals surface area contributed by atoms with E-state index in [1.54, 1.807) is 0 Å². The van der Waals surface area contributed by atoms with Crippen LogP contribution in [-0.2, 0) is 25.8 Å². The molecule has 0 fully saturated rings. The van der Waals surface area contributed by atoms with Crippen LogP contribution in [0.15, 0.2) is 42.5 Å². The van der Waals surface area contributed by atoms with Crippen LogP contribution >= 0.6 is 11.3 Å². The maximum absolute atomic E-state index is 12.9. The molecule has 4 nitrogen and oxygen atoms in total. The van der Waals surface area contributed by atoms with E-state index in [1.165, 1.54) is 16.2 Å². The lowest BCUT2D eigenvalue weighted by Crippen LogP contribution is -2.22. The first-order valence-corrected chi connectivity index (χ1v) is 10.2. The number of carbonyl (C=O) groups is 1. The van der Waals surface area contributed by atoms with Gasteiger partial charge in [0.05, 0.1) is 18.2 Å². The molecule has 0 radical (unpaired) electrons. The first-order chi connectivity index (χ1) is 13.7. The van der Waals surface area contributed by atoms with Crippen molar-refractivity contribution < 1.29 is 4.79 Å². The molecule has 0 amide bonds. The summed E-state index contributed by atoms with van der Waals surface area (Å²) >= 11 is 1.52. The number of thiazole rings is 1. The van der Waals surface area contributed by atoms with Gasteiger partial charge in [-0.05, 0) is 34.7 Å². The molecular formula is C23H21N3OS. The number of benzene rings is 2. The molecule has 2 heterocycles. The van der Waals surface area contributed by atoms with Gasteiger partial charge in [0.15, 0.2) is 10.8 Å². The van der Waals surface area contributed by atoms with Gasteiger partial charge in [-0.3, -0.25) is 4.79 Å². The number of aromatic nitrogens is 1. The van der Waals surface area contributed by atoms with Crippen LogP contribution in [0, 0.1) is 18.3 Å². The minimum atomic E-state index is 0.0740. The van der Waals surface area contributed by atoms with Crippen LogP contribution in [0.1, 0.15) is 37.1 Å². The molecule has 0 saturated heterocycles. The molecule has 0 atom stereocenters. The van der Waals surface area contributed by atoms with Crippen LogP contribution in [0.2, 0.25) is 0 Å². The standard InChI is InChI=1S/C23H21N3OS/c1-15-17(13-21(27)23-26-20-10-12-25-14-22(20)28-23)6-4-8-18(15)19-7-3-2-5-16(19)9-11-24/h2-8,25H,9-10,12-14H2,1H3. The normalized spacial score (nSPS) is 13.0. The third kappa shape index (κ3) is 3.62. The summed E-state index contributed by atoms with van der Waals surface area (Å²) in [4.78, 5) is 18.7. The molecule has 0 spiro atoms. The van der Waals surface area contributed by atoms with Crippen molar-refractivity contribution >= 4 is 17.1 Å². The fourth-order valence-electron chi connectivity index (χ4n) is 3.68. The van der Waals surface area contributed by atoms with Crippen molar-refractivity contribution in [3.63, 3.8) is 0 Å². The fourth-order valence-corrected chi connectivity index (χ4v) is 4.70. The molecule has 0 aliphatic carbocycles. The molecule has 5 heteroatoms. The SMILES string of the molecule is Cc1c(CC(=O)c2nc3c(s2)CNCC3)cccc1-c1ccccc1CC#N. The number of nitrogens with one attached hydrogen (secondary N) is 1. The number of Topliss-reactive ketones (excluding diaryl/α,β-unsaturated/α-hetero) is 1. The Morgan fingerprint density at radius 1 is 1.18 bits per heavy atom. The lowest BCUT2D eigenvalue weighted by atomic mass is 9.91. The highest BCUT2D eigenvalue weighted by atomic mass is 32.1. The van der Waals surface area contributed by atoms with Gasteiger partial charge in [0.25, 0.3) is 0 Å². The van der Waals surface area contributed by atoms with Gasteiger partial charge in [0.2, 0.25) is 0 Å². The number of nitriles is 1. The molecule has 2 aromatic carbocycles. The van der Waals surface area contributed by atoms with E-state index in [2.05, 4.69) is 29.4 Å². The van der Waals surface area contributed by atoms with Crippen molar-refractivity contribution in [1.82, 2.24) is 10.3 Å². The van der Waals surface area contributed by atoms with E-state index in [1.807, 2.05) is 36.4 Å². The molecule has 0 bridgehead atoms. The van der Waals surface area contributed by atoms with E-state index in [0.717, 1.165) is 53.0 Å². The van der Waals surface area contributed by atoms with E-state index in [9.17, 15) is 4.79 Å². The number of hydrogen-bond acceptors (Lipinski definition) is 5. The molecule has 140 valence electrons. The van der Waals surface area contributed by atoms with Crippen molar-refractivity contribution in [3.8, 4) is 17.2 Å². The summed E-state index contributed by atoms with van der Waals surface area (Å²) in [7, 11) is 0. The lowest BCUT2D eigenvalue weighted by molar-refractivity contribution is 0.0992. The zero-order chi connectivity index (χ0) is 19.5. The van der Waals surface area contributed by atoms with Crippen molar-refractivity contribution in [2.45, 2.75) is 32.7 Å². The minimum Gasteiger partial charge on any atom is -0.311 e. The predicted octanol–water partition coefficient (Wildman–Crippen LogP) is 4.26. The second-order valence-corrected chi connectivity index (χ2v) is 8.08. The largest absolute Gasteiger partial charge is 0.311 e. The lowest BCUT2D eigenvalue weighted by Gasteiger charge is -2.13. The summed E-state index contributed by atoms with van der Waals surface area (Å²) in [6.45, 7) is 3.79. The third-order valence-corrected chi connectivity index (χ3v) is 6.35. The van der Waals surface area contributed by atoms with E-state index in [4.69, 9.17) is 5.26 Å². The second kappa shape index (κ2) is 8.05. The number of nitrogens with zero attached hydrogens (tertiary/aromatic N) is 2. The molecule has 1 aliphatic heterocycles. The van der Waals surface area contributed by atoms with Crippen LogP contribution < -0.4 is 5.32 Å². The number of rotatable bonds is 5. The molecular weight excluding hydrogens is 366 g/mol. The smallest absolute Gasteiger partial charge is 0.195 e. The van der Waals surface area contributed by atoms with Gasteiger partial charge in [-0.1, -0.05) is 42.5 Å². The first kappa shape index (κ1) is 18.5. The maximum Gasteiger partial charge on any atom is 0.195 e. The Kier molecular flexibility index (Phi) is 5.34. The van der Waals surface area contributed by atoms with Crippen LogP contribution in [0.25, 0.3) is 11.1 Å². The van der Waals surface area contributed by atoms with Gasteiger partial charge >= 0.3 is 0 Å². The molecule has 4 rings (SSSR count). The Morgan fingerprint density at radius 2 is 1.96 bits per heavy atom. The monoisotopic (exact) mass is 387 g/mol. The van der Waals surface area contributed by atoms with E-state index < -0.39 is 0 Å². The first-order valence-electron chi connectivity index (χ1n) is 9.43. The zero-order valence-corrected chi connectivity index (χ0v) is 16.6. The Hall–Kier alpha value is -2.81.